The SMILES string of the molecule is C=CC[C@@H]1CCC[C@@H]1CSc1ccccc1. The smallest absolute Gasteiger partial charge is 0.00720 e. The first-order valence-electron chi connectivity index (χ1n) is 6.19. The molecular formula is C15H20S. The average Bonchev–Trinajstić information content (AvgIpc) is 2.76. The summed E-state index contributed by atoms with van der Waals surface area (Å²) in [5.41, 5.74) is 0. The number of benzene rings is 1. The quantitative estimate of drug-likeness (QED) is 0.520. The van der Waals surface area contributed by atoms with E-state index in [-0.39, 0.29) is 0 Å². The van der Waals surface area contributed by atoms with Gasteiger partial charge in [-0.1, -0.05) is 30.7 Å². The minimum Gasteiger partial charge on any atom is -0.126 e. The molecule has 1 saturated carbocycles. The van der Waals surface area contributed by atoms with Gasteiger partial charge < -0.3 is 0 Å². The van der Waals surface area contributed by atoms with Crippen LogP contribution in [0, 0.1) is 11.8 Å². The molecule has 0 spiro atoms. The van der Waals surface area contributed by atoms with Gasteiger partial charge in [0.15, 0.2) is 0 Å². The van der Waals surface area contributed by atoms with Crippen LogP contribution >= 0.6 is 11.8 Å². The van der Waals surface area contributed by atoms with E-state index in [1.807, 2.05) is 11.8 Å². The Balaban J connectivity index is 1.83. The number of hydrogen-bond donors (Lipinski definition) is 0. The number of rotatable bonds is 5. The van der Waals surface area contributed by atoms with Gasteiger partial charge in [-0.2, -0.15) is 0 Å². The Morgan fingerprint density at radius 1 is 1.19 bits per heavy atom. The lowest BCUT2D eigenvalue weighted by atomic mass is 9.95. The van der Waals surface area contributed by atoms with Crippen molar-refractivity contribution in [3.63, 3.8) is 0 Å². The maximum atomic E-state index is 3.87. The molecule has 0 bridgehead atoms. The molecule has 1 aromatic carbocycles. The van der Waals surface area contributed by atoms with Crippen LogP contribution in [0.15, 0.2) is 47.9 Å². The van der Waals surface area contributed by atoms with Gasteiger partial charge in [0.25, 0.3) is 0 Å². The van der Waals surface area contributed by atoms with Gasteiger partial charge in [0.1, 0.15) is 0 Å². The van der Waals surface area contributed by atoms with Crippen LogP contribution in [0.1, 0.15) is 25.7 Å². The van der Waals surface area contributed by atoms with E-state index in [1.54, 1.807) is 0 Å². The highest BCUT2D eigenvalue weighted by atomic mass is 32.2. The number of allylic oxidation sites excluding steroid dienone is 1. The topological polar surface area (TPSA) is 0 Å². The predicted octanol–water partition coefficient (Wildman–Crippen LogP) is 4.77. The molecular weight excluding hydrogens is 212 g/mol. The van der Waals surface area contributed by atoms with E-state index in [0.717, 1.165) is 11.8 Å². The van der Waals surface area contributed by atoms with Crippen molar-refractivity contribution in [3.05, 3.63) is 43.0 Å². The summed E-state index contributed by atoms with van der Waals surface area (Å²) in [4.78, 5) is 1.41. The Hall–Kier alpha value is -0.690. The number of hydrogen-bond acceptors (Lipinski definition) is 1. The zero-order valence-corrected chi connectivity index (χ0v) is 10.6. The Bertz CT molecular complexity index is 317. The number of thioether (sulfide) groups is 1. The van der Waals surface area contributed by atoms with Crippen LogP contribution in [-0.2, 0) is 0 Å². The zero-order valence-electron chi connectivity index (χ0n) is 9.77. The molecule has 0 radical (unpaired) electrons. The van der Waals surface area contributed by atoms with Gasteiger partial charge in [-0.3, -0.25) is 0 Å². The maximum Gasteiger partial charge on any atom is 0.00720 e. The van der Waals surface area contributed by atoms with Gasteiger partial charge in [0.2, 0.25) is 0 Å². The average molecular weight is 232 g/mol. The molecule has 1 aliphatic carbocycles. The van der Waals surface area contributed by atoms with E-state index >= 15 is 0 Å². The van der Waals surface area contributed by atoms with Gasteiger partial charge >= 0.3 is 0 Å². The van der Waals surface area contributed by atoms with Crippen molar-refractivity contribution >= 4 is 11.8 Å². The van der Waals surface area contributed by atoms with E-state index in [1.165, 1.54) is 36.3 Å². The fourth-order valence-electron chi connectivity index (χ4n) is 2.58. The second kappa shape index (κ2) is 6.15. The first-order chi connectivity index (χ1) is 7.90. The second-order valence-electron chi connectivity index (χ2n) is 4.60. The molecule has 0 N–H and O–H groups in total. The minimum absolute atomic E-state index is 0.897. The van der Waals surface area contributed by atoms with Crippen molar-refractivity contribution in [1.82, 2.24) is 0 Å². The zero-order chi connectivity index (χ0) is 11.2. The Kier molecular flexibility index (Phi) is 4.53. The summed E-state index contributed by atoms with van der Waals surface area (Å²) in [6.45, 7) is 3.87. The van der Waals surface area contributed by atoms with E-state index in [2.05, 4.69) is 43.0 Å². The molecule has 1 aliphatic rings. The minimum atomic E-state index is 0.897. The van der Waals surface area contributed by atoms with Gasteiger partial charge in [-0.05, 0) is 43.2 Å². The summed E-state index contributed by atoms with van der Waals surface area (Å²) in [6.07, 6.45) is 7.54. The second-order valence-corrected chi connectivity index (χ2v) is 5.69. The van der Waals surface area contributed by atoms with Crippen LogP contribution < -0.4 is 0 Å². The van der Waals surface area contributed by atoms with Crippen LogP contribution in [0.2, 0.25) is 0 Å². The molecule has 1 fully saturated rings. The Morgan fingerprint density at radius 3 is 2.69 bits per heavy atom. The summed E-state index contributed by atoms with van der Waals surface area (Å²) in [7, 11) is 0. The summed E-state index contributed by atoms with van der Waals surface area (Å²) in [6, 6.07) is 10.8. The summed E-state index contributed by atoms with van der Waals surface area (Å²) in [5.74, 6) is 3.08. The molecule has 16 heavy (non-hydrogen) atoms. The maximum absolute atomic E-state index is 3.87. The van der Waals surface area contributed by atoms with E-state index < -0.39 is 0 Å². The molecule has 0 unspecified atom stereocenters. The summed E-state index contributed by atoms with van der Waals surface area (Å²) < 4.78 is 0. The first-order valence-corrected chi connectivity index (χ1v) is 7.17. The van der Waals surface area contributed by atoms with Crippen LogP contribution in [0.5, 0.6) is 0 Å². The van der Waals surface area contributed by atoms with Gasteiger partial charge in [-0.25, -0.2) is 0 Å². The molecule has 0 amide bonds. The largest absolute Gasteiger partial charge is 0.126 e. The highest BCUT2D eigenvalue weighted by molar-refractivity contribution is 7.99. The molecule has 0 aromatic heterocycles. The lowest BCUT2D eigenvalue weighted by molar-refractivity contribution is 0.431. The third-order valence-electron chi connectivity index (χ3n) is 3.49. The summed E-state index contributed by atoms with van der Waals surface area (Å²) >= 11 is 2.01. The highest BCUT2D eigenvalue weighted by Gasteiger charge is 2.25. The van der Waals surface area contributed by atoms with Crippen LogP contribution in [0.3, 0.4) is 0 Å². The highest BCUT2D eigenvalue weighted by Crippen LogP contribution is 2.37. The molecule has 2 rings (SSSR count). The van der Waals surface area contributed by atoms with Crippen LogP contribution in [-0.4, -0.2) is 5.75 Å². The van der Waals surface area contributed by atoms with Crippen molar-refractivity contribution in [1.29, 1.82) is 0 Å². The van der Waals surface area contributed by atoms with Gasteiger partial charge in [0, 0.05) is 10.6 Å². The normalized spacial score (nSPS) is 24.5. The first kappa shape index (κ1) is 11.8. The van der Waals surface area contributed by atoms with E-state index in [4.69, 9.17) is 0 Å². The predicted molar refractivity (Wildman–Crippen MR) is 72.8 cm³/mol. The van der Waals surface area contributed by atoms with Crippen LogP contribution in [0.25, 0.3) is 0 Å². The van der Waals surface area contributed by atoms with Gasteiger partial charge in [-0.15, -0.1) is 18.3 Å². The Morgan fingerprint density at radius 2 is 1.94 bits per heavy atom. The standard InChI is InChI=1S/C15H20S/c1-2-7-13-8-6-9-14(13)12-16-15-10-4-3-5-11-15/h2-5,10-11,13-14H,1,6-9,12H2/t13-,14-/m1/s1. The van der Waals surface area contributed by atoms with Crippen molar-refractivity contribution in [2.24, 2.45) is 11.8 Å². The third kappa shape index (κ3) is 3.15. The lowest BCUT2D eigenvalue weighted by Gasteiger charge is -2.17. The van der Waals surface area contributed by atoms with Crippen molar-refractivity contribution in [2.75, 3.05) is 5.75 Å². The summed E-state index contributed by atoms with van der Waals surface area (Å²) in [5, 5.41) is 0. The Labute approximate surface area is 103 Å². The third-order valence-corrected chi connectivity index (χ3v) is 4.69. The van der Waals surface area contributed by atoms with E-state index in [9.17, 15) is 0 Å². The monoisotopic (exact) mass is 232 g/mol. The van der Waals surface area contributed by atoms with Gasteiger partial charge in [0.05, 0.1) is 0 Å². The van der Waals surface area contributed by atoms with Crippen molar-refractivity contribution in [2.45, 2.75) is 30.6 Å². The fourth-order valence-corrected chi connectivity index (χ4v) is 3.77. The van der Waals surface area contributed by atoms with E-state index in [0.29, 0.717) is 0 Å². The van der Waals surface area contributed by atoms with Crippen LogP contribution in [0.4, 0.5) is 0 Å². The molecule has 0 nitrogen and oxygen atoms in total. The molecule has 2 atom stereocenters. The molecule has 1 aromatic rings. The molecule has 0 heterocycles. The molecule has 0 saturated heterocycles. The molecule has 1 heteroatoms. The lowest BCUT2D eigenvalue weighted by Crippen LogP contribution is -2.09. The molecule has 86 valence electrons. The fraction of sp³-hybridized carbons (Fsp3) is 0.467. The van der Waals surface area contributed by atoms with Crippen molar-refractivity contribution < 1.29 is 0 Å². The molecule has 0 aliphatic heterocycles. The van der Waals surface area contributed by atoms with Crippen molar-refractivity contribution in [3.8, 4) is 0 Å².